The minimum absolute atomic E-state index is 0.0863. The quantitative estimate of drug-likeness (QED) is 0.715. The van der Waals surface area contributed by atoms with Crippen LogP contribution in [-0.4, -0.2) is 60.6 Å². The number of carbonyl (C=O) groups excluding carboxylic acids is 1. The van der Waals surface area contributed by atoms with Gasteiger partial charge in [-0.3, -0.25) is 9.69 Å². The second-order valence-electron chi connectivity index (χ2n) is 6.40. The van der Waals surface area contributed by atoms with Gasteiger partial charge in [-0.2, -0.15) is 0 Å². The lowest BCUT2D eigenvalue weighted by molar-refractivity contribution is -0.142. The Morgan fingerprint density at radius 1 is 1.39 bits per heavy atom. The molecule has 0 N–H and O–H groups in total. The van der Waals surface area contributed by atoms with E-state index in [1.807, 2.05) is 0 Å². The largest absolute Gasteiger partial charge is 0.469 e. The average molecular weight is 254 g/mol. The van der Waals surface area contributed by atoms with Crippen LogP contribution in [0.15, 0.2) is 0 Å². The van der Waals surface area contributed by atoms with Gasteiger partial charge in [-0.1, -0.05) is 0 Å². The Kier molecular flexibility index (Phi) is 3.97. The summed E-state index contributed by atoms with van der Waals surface area (Å²) < 4.78 is 4.86. The van der Waals surface area contributed by atoms with Crippen LogP contribution in [0.3, 0.4) is 0 Å². The van der Waals surface area contributed by atoms with E-state index in [4.69, 9.17) is 4.74 Å². The van der Waals surface area contributed by atoms with E-state index >= 15 is 0 Å². The molecule has 1 atom stereocenters. The first kappa shape index (κ1) is 13.8. The lowest BCUT2D eigenvalue weighted by Gasteiger charge is -2.42. The van der Waals surface area contributed by atoms with Crippen LogP contribution in [0.4, 0.5) is 0 Å². The van der Waals surface area contributed by atoms with E-state index < -0.39 is 0 Å². The molecule has 18 heavy (non-hydrogen) atoms. The number of carbonyl (C=O) groups is 1. The van der Waals surface area contributed by atoms with E-state index in [9.17, 15) is 4.79 Å². The van der Waals surface area contributed by atoms with Crippen LogP contribution < -0.4 is 0 Å². The molecule has 0 spiro atoms. The van der Waals surface area contributed by atoms with Crippen LogP contribution in [0.25, 0.3) is 0 Å². The third kappa shape index (κ3) is 3.04. The third-order valence-corrected chi connectivity index (χ3v) is 4.29. The summed E-state index contributed by atoms with van der Waals surface area (Å²) in [4.78, 5) is 16.6. The number of esters is 1. The SMILES string of the molecule is COC(=O)CC1CN(C)CCC(C)(C)N1C1CC1. The van der Waals surface area contributed by atoms with Crippen molar-refractivity contribution < 1.29 is 9.53 Å². The Morgan fingerprint density at radius 2 is 2.06 bits per heavy atom. The van der Waals surface area contributed by atoms with E-state index in [1.54, 1.807) is 0 Å². The molecule has 0 aromatic heterocycles. The summed E-state index contributed by atoms with van der Waals surface area (Å²) in [6, 6.07) is 0.980. The Balaban J connectivity index is 2.16. The lowest BCUT2D eigenvalue weighted by atomic mass is 9.95. The molecule has 104 valence electrons. The summed E-state index contributed by atoms with van der Waals surface area (Å²) in [7, 11) is 3.63. The Hall–Kier alpha value is -0.610. The van der Waals surface area contributed by atoms with Gasteiger partial charge in [0.05, 0.1) is 13.5 Å². The maximum absolute atomic E-state index is 11.6. The maximum Gasteiger partial charge on any atom is 0.307 e. The Bertz CT molecular complexity index is 313. The van der Waals surface area contributed by atoms with Crippen LogP contribution in [0.5, 0.6) is 0 Å². The standard InChI is InChI=1S/C14H26N2O2/c1-14(2)7-8-15(3)10-12(9-13(17)18-4)16(14)11-5-6-11/h11-12H,5-10H2,1-4H3. The van der Waals surface area contributed by atoms with Crippen molar-refractivity contribution in [2.75, 3.05) is 27.2 Å². The molecule has 4 heteroatoms. The van der Waals surface area contributed by atoms with E-state index in [2.05, 4.69) is 30.7 Å². The summed E-state index contributed by atoms with van der Waals surface area (Å²) in [6.07, 6.45) is 4.24. The molecule has 1 unspecified atom stereocenters. The first-order valence-electron chi connectivity index (χ1n) is 6.98. The van der Waals surface area contributed by atoms with Crippen molar-refractivity contribution in [3.05, 3.63) is 0 Å². The molecule has 0 radical (unpaired) electrons. The van der Waals surface area contributed by atoms with Gasteiger partial charge in [0, 0.05) is 24.2 Å². The van der Waals surface area contributed by atoms with Gasteiger partial charge < -0.3 is 9.64 Å². The van der Waals surface area contributed by atoms with Crippen molar-refractivity contribution in [1.82, 2.24) is 9.80 Å². The predicted molar refractivity (Wildman–Crippen MR) is 71.5 cm³/mol. The zero-order valence-corrected chi connectivity index (χ0v) is 12.1. The zero-order chi connectivity index (χ0) is 13.3. The van der Waals surface area contributed by atoms with Gasteiger partial charge in [0.1, 0.15) is 0 Å². The number of hydrogen-bond acceptors (Lipinski definition) is 4. The fourth-order valence-corrected chi connectivity index (χ4v) is 3.21. The highest BCUT2D eigenvalue weighted by Gasteiger charge is 2.44. The van der Waals surface area contributed by atoms with Gasteiger partial charge in [0.15, 0.2) is 0 Å². The van der Waals surface area contributed by atoms with Crippen molar-refractivity contribution >= 4 is 5.97 Å². The van der Waals surface area contributed by atoms with Crippen molar-refractivity contribution in [3.63, 3.8) is 0 Å². The van der Waals surface area contributed by atoms with Crippen molar-refractivity contribution in [1.29, 1.82) is 0 Å². The zero-order valence-electron chi connectivity index (χ0n) is 12.1. The molecule has 4 nitrogen and oxygen atoms in total. The highest BCUT2D eigenvalue weighted by molar-refractivity contribution is 5.70. The van der Waals surface area contributed by atoms with E-state index in [1.165, 1.54) is 20.0 Å². The van der Waals surface area contributed by atoms with Gasteiger partial charge in [0.2, 0.25) is 0 Å². The summed E-state index contributed by atoms with van der Waals surface area (Å²) in [5.74, 6) is -0.0863. The summed E-state index contributed by atoms with van der Waals surface area (Å²) in [5.41, 5.74) is 0.185. The lowest BCUT2D eigenvalue weighted by Crippen LogP contribution is -2.52. The highest BCUT2D eigenvalue weighted by atomic mass is 16.5. The fraction of sp³-hybridized carbons (Fsp3) is 0.929. The third-order valence-electron chi connectivity index (χ3n) is 4.29. The van der Waals surface area contributed by atoms with E-state index in [0.29, 0.717) is 18.5 Å². The van der Waals surface area contributed by atoms with Crippen molar-refractivity contribution in [2.45, 2.75) is 57.2 Å². The Morgan fingerprint density at radius 3 is 2.61 bits per heavy atom. The number of hydrogen-bond donors (Lipinski definition) is 0. The number of nitrogens with zero attached hydrogens (tertiary/aromatic N) is 2. The predicted octanol–water partition coefficient (Wildman–Crippen LogP) is 1.50. The van der Waals surface area contributed by atoms with Crippen LogP contribution in [0, 0.1) is 0 Å². The number of methoxy groups -OCH3 is 1. The summed E-state index contributed by atoms with van der Waals surface area (Å²) in [5, 5.41) is 0. The van der Waals surface area contributed by atoms with Gasteiger partial charge in [0.25, 0.3) is 0 Å². The molecule has 0 amide bonds. The highest BCUT2D eigenvalue weighted by Crippen LogP contribution is 2.38. The van der Waals surface area contributed by atoms with Crippen LogP contribution in [0.2, 0.25) is 0 Å². The van der Waals surface area contributed by atoms with Gasteiger partial charge in [-0.25, -0.2) is 0 Å². The fourth-order valence-electron chi connectivity index (χ4n) is 3.21. The van der Waals surface area contributed by atoms with Crippen LogP contribution >= 0.6 is 0 Å². The van der Waals surface area contributed by atoms with Crippen LogP contribution in [0.1, 0.15) is 39.5 Å². The molecule has 2 fully saturated rings. The second kappa shape index (κ2) is 5.17. The summed E-state index contributed by atoms with van der Waals surface area (Å²) in [6.45, 7) is 6.70. The van der Waals surface area contributed by atoms with E-state index in [-0.39, 0.29) is 11.5 Å². The topological polar surface area (TPSA) is 32.8 Å². The van der Waals surface area contributed by atoms with Gasteiger partial charge in [-0.15, -0.1) is 0 Å². The molecule has 1 aliphatic heterocycles. The van der Waals surface area contributed by atoms with E-state index in [0.717, 1.165) is 19.5 Å². The number of ether oxygens (including phenoxy) is 1. The monoisotopic (exact) mass is 254 g/mol. The average Bonchev–Trinajstić information content (AvgIpc) is 3.09. The molecule has 0 aromatic rings. The molecule has 1 saturated heterocycles. The smallest absolute Gasteiger partial charge is 0.307 e. The molecule has 2 aliphatic rings. The van der Waals surface area contributed by atoms with Gasteiger partial charge >= 0.3 is 5.97 Å². The summed E-state index contributed by atoms with van der Waals surface area (Å²) >= 11 is 0. The first-order chi connectivity index (χ1) is 8.44. The molecular weight excluding hydrogens is 228 g/mol. The molecule has 1 aliphatic carbocycles. The van der Waals surface area contributed by atoms with Gasteiger partial charge in [-0.05, 0) is 46.7 Å². The molecule has 1 saturated carbocycles. The van der Waals surface area contributed by atoms with Crippen molar-refractivity contribution in [2.24, 2.45) is 0 Å². The van der Waals surface area contributed by atoms with Crippen LogP contribution in [-0.2, 0) is 9.53 Å². The molecule has 1 heterocycles. The second-order valence-corrected chi connectivity index (χ2v) is 6.40. The minimum Gasteiger partial charge on any atom is -0.469 e. The number of likely N-dealkylation sites (N-methyl/N-ethyl adjacent to an activating group) is 1. The number of rotatable bonds is 3. The molecular formula is C14H26N2O2. The van der Waals surface area contributed by atoms with Crippen molar-refractivity contribution in [3.8, 4) is 0 Å². The first-order valence-corrected chi connectivity index (χ1v) is 6.98. The molecule has 0 bridgehead atoms. The molecule has 0 aromatic carbocycles. The normalized spacial score (nSPS) is 29.9. The molecule has 2 rings (SSSR count). The minimum atomic E-state index is -0.0863. The maximum atomic E-state index is 11.6. The Labute approximate surface area is 110 Å².